The molecule has 2 aromatic carbocycles. The molecule has 0 radical (unpaired) electrons. The van der Waals surface area contributed by atoms with Crippen molar-refractivity contribution >= 4 is 29.4 Å². The van der Waals surface area contributed by atoms with Crippen molar-refractivity contribution in [1.29, 1.82) is 0 Å². The van der Waals surface area contributed by atoms with Gasteiger partial charge in [-0.3, -0.25) is 9.78 Å². The monoisotopic (exact) mass is 391 g/mol. The quantitative estimate of drug-likeness (QED) is 0.361. The number of rotatable bonds is 3. The van der Waals surface area contributed by atoms with Crippen LogP contribution < -0.4 is 9.47 Å². The fourth-order valence-corrected chi connectivity index (χ4v) is 2.96. The Morgan fingerprint density at radius 1 is 1.14 bits per heavy atom. The Labute approximate surface area is 166 Å². The van der Waals surface area contributed by atoms with Crippen molar-refractivity contribution in [2.45, 2.75) is 6.92 Å². The molecule has 1 aromatic heterocycles. The molecule has 0 aliphatic carbocycles. The molecule has 28 heavy (non-hydrogen) atoms. The van der Waals surface area contributed by atoms with E-state index in [0.717, 1.165) is 5.56 Å². The van der Waals surface area contributed by atoms with E-state index >= 15 is 0 Å². The van der Waals surface area contributed by atoms with Gasteiger partial charge in [0, 0.05) is 23.0 Å². The number of hydrogen-bond acceptors (Lipinski definition) is 5. The highest BCUT2D eigenvalue weighted by Crippen LogP contribution is 2.39. The first-order valence-electron chi connectivity index (χ1n) is 8.48. The average Bonchev–Trinajstić information content (AvgIpc) is 3.02. The number of carbonyl (C=O) groups excluding carboxylic acids is 2. The lowest BCUT2D eigenvalue weighted by atomic mass is 10.1. The van der Waals surface area contributed by atoms with Gasteiger partial charge in [-0.1, -0.05) is 17.7 Å². The van der Waals surface area contributed by atoms with Crippen LogP contribution in [-0.4, -0.2) is 16.7 Å². The Hall–Kier alpha value is -3.44. The summed E-state index contributed by atoms with van der Waals surface area (Å²) >= 11 is 5.84. The van der Waals surface area contributed by atoms with E-state index in [9.17, 15) is 9.59 Å². The van der Waals surface area contributed by atoms with Gasteiger partial charge in [0.1, 0.15) is 11.5 Å². The van der Waals surface area contributed by atoms with Crippen LogP contribution in [0, 0.1) is 6.92 Å². The van der Waals surface area contributed by atoms with Crippen molar-refractivity contribution in [1.82, 2.24) is 4.98 Å². The van der Waals surface area contributed by atoms with Gasteiger partial charge in [-0.15, -0.1) is 0 Å². The molecule has 3 aromatic rings. The minimum atomic E-state index is -0.518. The van der Waals surface area contributed by atoms with Gasteiger partial charge < -0.3 is 9.47 Å². The maximum absolute atomic E-state index is 12.6. The normalized spacial score (nSPS) is 13.9. The third-order valence-electron chi connectivity index (χ3n) is 4.30. The summed E-state index contributed by atoms with van der Waals surface area (Å²) in [6.45, 7) is 1.74. The average molecular weight is 392 g/mol. The molecule has 1 aliphatic rings. The molecule has 0 spiro atoms. The van der Waals surface area contributed by atoms with Crippen LogP contribution >= 0.6 is 11.6 Å². The number of aromatic nitrogens is 1. The van der Waals surface area contributed by atoms with Crippen molar-refractivity contribution in [3.8, 4) is 11.5 Å². The molecule has 0 bridgehead atoms. The van der Waals surface area contributed by atoms with E-state index in [1.807, 2.05) is 6.07 Å². The van der Waals surface area contributed by atoms with Crippen molar-refractivity contribution in [3.05, 3.63) is 94.0 Å². The number of nitrogens with zero attached hydrogens (tertiary/aromatic N) is 1. The van der Waals surface area contributed by atoms with Gasteiger partial charge in [-0.25, -0.2) is 4.79 Å². The molecule has 0 N–H and O–H groups in total. The van der Waals surface area contributed by atoms with Gasteiger partial charge in [0.15, 0.2) is 5.76 Å². The number of fused-ring (bicyclic) bond motifs is 1. The van der Waals surface area contributed by atoms with Gasteiger partial charge in [-0.05, 0) is 61.0 Å². The lowest BCUT2D eigenvalue weighted by molar-refractivity contribution is 0.0733. The summed E-state index contributed by atoms with van der Waals surface area (Å²) in [5.74, 6) is 0.177. The maximum Gasteiger partial charge on any atom is 0.343 e. The molecule has 6 heteroatoms. The Balaban J connectivity index is 1.61. The van der Waals surface area contributed by atoms with Crippen molar-refractivity contribution in [2.75, 3.05) is 0 Å². The van der Waals surface area contributed by atoms with Gasteiger partial charge >= 0.3 is 5.97 Å². The van der Waals surface area contributed by atoms with Crippen LogP contribution in [0.5, 0.6) is 11.5 Å². The zero-order valence-corrected chi connectivity index (χ0v) is 15.6. The van der Waals surface area contributed by atoms with Crippen LogP contribution in [-0.2, 0) is 0 Å². The Bertz CT molecular complexity index is 1110. The number of ether oxygens (including phenoxy) is 2. The van der Waals surface area contributed by atoms with Gasteiger partial charge in [0.25, 0.3) is 0 Å². The minimum Gasteiger partial charge on any atom is -0.452 e. The molecule has 0 saturated heterocycles. The maximum atomic E-state index is 12.6. The number of hydrogen-bond donors (Lipinski definition) is 0. The van der Waals surface area contributed by atoms with Gasteiger partial charge in [-0.2, -0.15) is 0 Å². The molecule has 4 rings (SSSR count). The number of ketones is 1. The lowest BCUT2D eigenvalue weighted by Crippen LogP contribution is -2.09. The predicted octanol–water partition coefficient (Wildman–Crippen LogP) is 4.88. The zero-order valence-electron chi connectivity index (χ0n) is 14.8. The third-order valence-corrected chi connectivity index (χ3v) is 4.55. The number of carbonyl (C=O) groups is 2. The molecule has 5 nitrogen and oxygen atoms in total. The van der Waals surface area contributed by atoms with Crippen molar-refractivity contribution in [2.24, 2.45) is 0 Å². The highest BCUT2D eigenvalue weighted by molar-refractivity contribution is 6.30. The molecule has 138 valence electrons. The van der Waals surface area contributed by atoms with Crippen LogP contribution in [0.3, 0.4) is 0 Å². The summed E-state index contributed by atoms with van der Waals surface area (Å²) in [5.41, 5.74) is 2.13. The molecular weight excluding hydrogens is 378 g/mol. The molecule has 0 atom stereocenters. The van der Waals surface area contributed by atoms with Crippen molar-refractivity contribution < 1.29 is 19.1 Å². The van der Waals surface area contributed by atoms with E-state index in [4.69, 9.17) is 21.1 Å². The van der Waals surface area contributed by atoms with E-state index in [1.165, 1.54) is 0 Å². The van der Waals surface area contributed by atoms with E-state index in [-0.39, 0.29) is 11.5 Å². The molecule has 0 saturated carbocycles. The van der Waals surface area contributed by atoms with E-state index in [2.05, 4.69) is 4.98 Å². The van der Waals surface area contributed by atoms with Crippen LogP contribution in [0.1, 0.15) is 31.8 Å². The molecule has 1 aliphatic heterocycles. The first-order valence-corrected chi connectivity index (χ1v) is 8.86. The van der Waals surface area contributed by atoms with E-state index in [1.54, 1.807) is 67.9 Å². The summed E-state index contributed by atoms with van der Waals surface area (Å²) in [6.07, 6.45) is 4.92. The first-order chi connectivity index (χ1) is 13.5. The molecule has 2 heterocycles. The van der Waals surface area contributed by atoms with Crippen LogP contribution in [0.25, 0.3) is 6.08 Å². The summed E-state index contributed by atoms with van der Waals surface area (Å²) < 4.78 is 11.3. The highest BCUT2D eigenvalue weighted by atomic mass is 35.5. The van der Waals surface area contributed by atoms with Crippen LogP contribution in [0.4, 0.5) is 0 Å². The fourth-order valence-electron chi connectivity index (χ4n) is 2.84. The van der Waals surface area contributed by atoms with Gasteiger partial charge in [0.05, 0.1) is 11.1 Å². The molecule has 0 unspecified atom stereocenters. The number of pyridine rings is 1. The fraction of sp³-hybridized carbons (Fsp3) is 0.0455. The topological polar surface area (TPSA) is 65.5 Å². The molecule has 0 fully saturated rings. The largest absolute Gasteiger partial charge is 0.452 e. The van der Waals surface area contributed by atoms with Crippen LogP contribution in [0.2, 0.25) is 5.02 Å². The first kappa shape index (κ1) is 17.9. The number of allylic oxidation sites excluding steroid dienone is 1. The Morgan fingerprint density at radius 3 is 2.64 bits per heavy atom. The highest BCUT2D eigenvalue weighted by Gasteiger charge is 2.30. The smallest absolute Gasteiger partial charge is 0.343 e. The molecule has 0 amide bonds. The van der Waals surface area contributed by atoms with E-state index in [0.29, 0.717) is 33.2 Å². The van der Waals surface area contributed by atoms with E-state index < -0.39 is 5.97 Å². The van der Waals surface area contributed by atoms with Crippen LogP contribution in [0.15, 0.2) is 66.7 Å². The summed E-state index contributed by atoms with van der Waals surface area (Å²) in [6, 6.07) is 13.2. The number of esters is 1. The number of halogens is 1. The summed E-state index contributed by atoms with van der Waals surface area (Å²) in [5, 5.41) is 0.533. The Kier molecular flexibility index (Phi) is 4.67. The Morgan fingerprint density at radius 2 is 1.93 bits per heavy atom. The second-order valence-corrected chi connectivity index (χ2v) is 6.62. The second kappa shape index (κ2) is 7.29. The third kappa shape index (κ3) is 3.40. The van der Waals surface area contributed by atoms with Crippen molar-refractivity contribution in [3.63, 3.8) is 0 Å². The zero-order chi connectivity index (χ0) is 19.7. The standard InChI is InChI=1S/C22H14ClNO4/c1-13-18(28-22(26)15-4-6-16(23)7-5-15)9-8-17-20(25)19(27-21(13)17)11-14-3-2-10-24-12-14/h2-12H,1H3/b19-11-. The second-order valence-electron chi connectivity index (χ2n) is 6.19. The number of Topliss-reactive ketones (excluding diaryl/α,β-unsaturated/α-hetero) is 1. The number of benzene rings is 2. The minimum absolute atomic E-state index is 0.201. The predicted molar refractivity (Wildman–Crippen MR) is 105 cm³/mol. The SMILES string of the molecule is Cc1c(OC(=O)c2ccc(Cl)cc2)ccc2c1O/C(=C\c1cccnc1)C2=O. The summed E-state index contributed by atoms with van der Waals surface area (Å²) in [7, 11) is 0. The van der Waals surface area contributed by atoms with Gasteiger partial charge in [0.2, 0.25) is 5.78 Å². The molecular formula is C22H14ClNO4. The lowest BCUT2D eigenvalue weighted by Gasteiger charge is -2.10. The summed E-state index contributed by atoms with van der Waals surface area (Å²) in [4.78, 5) is 29.0.